The molecule has 0 aromatic heterocycles. The van der Waals surface area contributed by atoms with Crippen LogP contribution in [0.3, 0.4) is 0 Å². The summed E-state index contributed by atoms with van der Waals surface area (Å²) in [4.78, 5) is 20.7. The quantitative estimate of drug-likeness (QED) is 0.633. The van der Waals surface area contributed by atoms with Crippen LogP contribution in [0.4, 0.5) is 17.1 Å². The number of non-ortho nitro benzene ring substituents is 1. The average molecular weight is 343 g/mol. The molecule has 2 aromatic carbocycles. The van der Waals surface area contributed by atoms with Crippen molar-refractivity contribution < 1.29 is 14.6 Å². The first-order chi connectivity index (χ1) is 12.1. The summed E-state index contributed by atoms with van der Waals surface area (Å²) in [6.45, 7) is 1.12. The van der Waals surface area contributed by atoms with Crippen molar-refractivity contribution in [3.63, 3.8) is 0 Å². The monoisotopic (exact) mass is 343 g/mol. The van der Waals surface area contributed by atoms with Gasteiger partial charge < -0.3 is 10.1 Å². The number of benzene rings is 2. The number of hydrogen-bond acceptors (Lipinski definition) is 6. The molecule has 0 amide bonds. The Morgan fingerprint density at radius 3 is 2.52 bits per heavy atom. The summed E-state index contributed by atoms with van der Waals surface area (Å²) in [6.07, 6.45) is 0.777. The molecule has 1 N–H and O–H groups in total. The maximum Gasteiger partial charge on any atom is 0.299 e. The molecule has 0 aliphatic carbocycles. The summed E-state index contributed by atoms with van der Waals surface area (Å²) in [7, 11) is 0. The second-order valence-corrected chi connectivity index (χ2v) is 5.85. The van der Waals surface area contributed by atoms with Gasteiger partial charge in [-0.05, 0) is 18.1 Å². The van der Waals surface area contributed by atoms with Gasteiger partial charge in [-0.25, -0.2) is 0 Å². The van der Waals surface area contributed by atoms with Crippen molar-refractivity contribution in [2.24, 2.45) is 5.92 Å². The first-order valence-electron chi connectivity index (χ1n) is 7.89. The molecular weight excluding hydrogens is 326 g/mol. The molecule has 8 nitrogen and oxygen atoms in total. The number of rotatable bonds is 6. The summed E-state index contributed by atoms with van der Waals surface area (Å²) in [5, 5.41) is 25.1. The van der Waals surface area contributed by atoms with Crippen LogP contribution >= 0.6 is 0 Å². The molecule has 1 heterocycles. The molecule has 1 saturated heterocycles. The van der Waals surface area contributed by atoms with E-state index in [4.69, 9.17) is 4.74 Å². The van der Waals surface area contributed by atoms with E-state index in [9.17, 15) is 20.2 Å². The molecule has 1 aliphatic rings. The first-order valence-corrected chi connectivity index (χ1v) is 7.89. The number of nitrogens with one attached hydrogen (secondary N) is 1. The molecule has 0 bridgehead atoms. The fourth-order valence-corrected chi connectivity index (χ4v) is 3.03. The van der Waals surface area contributed by atoms with E-state index in [0.717, 1.165) is 18.1 Å². The molecule has 3 rings (SSSR count). The lowest BCUT2D eigenvalue weighted by Crippen LogP contribution is -2.18. The van der Waals surface area contributed by atoms with Gasteiger partial charge >= 0.3 is 0 Å². The van der Waals surface area contributed by atoms with Gasteiger partial charge in [0, 0.05) is 25.1 Å². The van der Waals surface area contributed by atoms with Crippen molar-refractivity contribution in [2.45, 2.75) is 12.5 Å². The standard InChI is InChI=1S/C17H17N3O5/c21-19(22)14-6-7-15(16(10-14)20(23)24)18-11-13-8-9-25-17(13)12-4-2-1-3-5-12/h1-7,10,13,17-18H,8-9,11H2. The summed E-state index contributed by atoms with van der Waals surface area (Å²) in [5.74, 6) is 0.164. The molecule has 1 fully saturated rings. The van der Waals surface area contributed by atoms with Crippen LogP contribution in [-0.4, -0.2) is 23.0 Å². The number of hydrogen-bond donors (Lipinski definition) is 1. The van der Waals surface area contributed by atoms with Crippen molar-refractivity contribution in [1.82, 2.24) is 0 Å². The lowest BCUT2D eigenvalue weighted by molar-refractivity contribution is -0.393. The zero-order valence-corrected chi connectivity index (χ0v) is 13.3. The first kappa shape index (κ1) is 16.8. The maximum absolute atomic E-state index is 11.2. The Balaban J connectivity index is 1.75. The van der Waals surface area contributed by atoms with Crippen LogP contribution in [-0.2, 0) is 4.74 Å². The lowest BCUT2D eigenvalue weighted by atomic mass is 9.95. The predicted molar refractivity (Wildman–Crippen MR) is 91.5 cm³/mol. The van der Waals surface area contributed by atoms with Gasteiger partial charge in [0.1, 0.15) is 5.69 Å². The van der Waals surface area contributed by atoms with E-state index in [1.807, 2.05) is 30.3 Å². The maximum atomic E-state index is 11.2. The molecular formula is C17H17N3O5. The Bertz CT molecular complexity index is 781. The summed E-state index contributed by atoms with van der Waals surface area (Å²) in [6, 6.07) is 13.4. The Kier molecular flexibility index (Phi) is 4.90. The molecule has 0 radical (unpaired) electrons. The van der Waals surface area contributed by atoms with Gasteiger partial charge in [-0.3, -0.25) is 20.2 Å². The Morgan fingerprint density at radius 1 is 1.08 bits per heavy atom. The minimum Gasteiger partial charge on any atom is -0.379 e. The highest BCUT2D eigenvalue weighted by Crippen LogP contribution is 2.35. The summed E-state index contributed by atoms with van der Waals surface area (Å²) in [5.41, 5.74) is 0.743. The third-order valence-electron chi connectivity index (χ3n) is 4.29. The zero-order valence-electron chi connectivity index (χ0n) is 13.3. The summed E-state index contributed by atoms with van der Waals surface area (Å²) >= 11 is 0. The van der Waals surface area contributed by atoms with E-state index in [1.165, 1.54) is 12.1 Å². The molecule has 0 saturated carbocycles. The van der Waals surface area contributed by atoms with Crippen molar-refractivity contribution in [3.05, 3.63) is 74.3 Å². The number of ether oxygens (including phenoxy) is 1. The van der Waals surface area contributed by atoms with Crippen LogP contribution in [0.2, 0.25) is 0 Å². The predicted octanol–water partition coefficient (Wildman–Crippen LogP) is 3.69. The fraction of sp³-hybridized carbons (Fsp3) is 0.294. The van der Waals surface area contributed by atoms with Crippen molar-refractivity contribution in [1.29, 1.82) is 0 Å². The fourth-order valence-electron chi connectivity index (χ4n) is 3.03. The molecule has 8 heteroatoms. The Labute approximate surface area is 143 Å². The third kappa shape index (κ3) is 3.74. The smallest absolute Gasteiger partial charge is 0.299 e. The molecule has 1 aliphatic heterocycles. The van der Waals surface area contributed by atoms with E-state index >= 15 is 0 Å². The van der Waals surface area contributed by atoms with Crippen LogP contribution in [0.15, 0.2) is 48.5 Å². The van der Waals surface area contributed by atoms with E-state index in [-0.39, 0.29) is 29.1 Å². The van der Waals surface area contributed by atoms with Crippen molar-refractivity contribution in [2.75, 3.05) is 18.5 Å². The van der Waals surface area contributed by atoms with Crippen LogP contribution in [0.25, 0.3) is 0 Å². The Morgan fingerprint density at radius 2 is 1.84 bits per heavy atom. The lowest BCUT2D eigenvalue weighted by Gasteiger charge is -2.19. The van der Waals surface area contributed by atoms with Crippen LogP contribution in [0, 0.1) is 26.1 Å². The van der Waals surface area contributed by atoms with E-state index in [1.54, 1.807) is 0 Å². The normalized spacial score (nSPS) is 19.5. The van der Waals surface area contributed by atoms with Crippen molar-refractivity contribution >= 4 is 17.1 Å². The molecule has 2 aromatic rings. The Hall–Kier alpha value is -3.00. The van der Waals surface area contributed by atoms with Crippen molar-refractivity contribution in [3.8, 4) is 0 Å². The molecule has 25 heavy (non-hydrogen) atoms. The highest BCUT2D eigenvalue weighted by atomic mass is 16.6. The topological polar surface area (TPSA) is 108 Å². The second kappa shape index (κ2) is 7.27. The largest absolute Gasteiger partial charge is 0.379 e. The molecule has 0 spiro atoms. The van der Waals surface area contributed by atoms with E-state index < -0.39 is 9.85 Å². The minimum atomic E-state index is -0.646. The number of anilines is 1. The summed E-state index contributed by atoms with van der Waals surface area (Å²) < 4.78 is 5.81. The van der Waals surface area contributed by atoms with Gasteiger partial charge in [0.2, 0.25) is 0 Å². The molecule has 130 valence electrons. The number of nitro groups is 2. The van der Waals surface area contributed by atoms with Gasteiger partial charge in [-0.2, -0.15) is 0 Å². The number of nitrogens with zero attached hydrogens (tertiary/aromatic N) is 2. The van der Waals surface area contributed by atoms with Gasteiger partial charge in [-0.1, -0.05) is 30.3 Å². The van der Waals surface area contributed by atoms with Crippen LogP contribution in [0.5, 0.6) is 0 Å². The van der Waals surface area contributed by atoms with Gasteiger partial charge in [-0.15, -0.1) is 0 Å². The molecule has 2 unspecified atom stereocenters. The van der Waals surface area contributed by atoms with Gasteiger partial charge in [0.05, 0.1) is 22.0 Å². The van der Waals surface area contributed by atoms with E-state index in [0.29, 0.717) is 13.2 Å². The SMILES string of the molecule is O=[N+]([O-])c1ccc(NCC2CCOC2c2ccccc2)c([N+](=O)[O-])c1. The second-order valence-electron chi connectivity index (χ2n) is 5.85. The van der Waals surface area contributed by atoms with Gasteiger partial charge in [0.15, 0.2) is 0 Å². The van der Waals surface area contributed by atoms with Gasteiger partial charge in [0.25, 0.3) is 11.4 Å². The van der Waals surface area contributed by atoms with Crippen LogP contribution in [0.1, 0.15) is 18.1 Å². The highest BCUT2D eigenvalue weighted by Gasteiger charge is 2.30. The molecule has 2 atom stereocenters. The van der Waals surface area contributed by atoms with Crippen LogP contribution < -0.4 is 5.32 Å². The zero-order chi connectivity index (χ0) is 17.8. The van der Waals surface area contributed by atoms with E-state index in [2.05, 4.69) is 5.32 Å². The highest BCUT2D eigenvalue weighted by molar-refractivity contribution is 5.65. The third-order valence-corrected chi connectivity index (χ3v) is 4.29. The number of nitro benzene ring substituents is 2. The minimum absolute atomic E-state index is 0.0641. The average Bonchev–Trinajstić information content (AvgIpc) is 3.09.